The van der Waals surface area contributed by atoms with Crippen molar-refractivity contribution in [1.29, 1.82) is 0 Å². The van der Waals surface area contributed by atoms with Crippen LogP contribution in [0, 0.1) is 0 Å². The minimum absolute atomic E-state index is 0.00605. The highest BCUT2D eigenvalue weighted by molar-refractivity contribution is 5.95. The van der Waals surface area contributed by atoms with Crippen molar-refractivity contribution in [2.24, 2.45) is 0 Å². The van der Waals surface area contributed by atoms with Crippen molar-refractivity contribution in [3.8, 4) is 0 Å². The summed E-state index contributed by atoms with van der Waals surface area (Å²) in [6.45, 7) is 1.27. The molecule has 1 N–H and O–H groups in total. The van der Waals surface area contributed by atoms with Crippen LogP contribution in [0.5, 0.6) is 0 Å². The van der Waals surface area contributed by atoms with E-state index in [1.807, 2.05) is 52.8 Å². The van der Waals surface area contributed by atoms with Gasteiger partial charge in [-0.1, -0.05) is 25.3 Å². The number of H-pyrrole nitrogens is 1. The molecule has 3 aromatic rings. The predicted octanol–water partition coefficient (Wildman–Crippen LogP) is 3.71. The molecule has 1 unspecified atom stereocenters. The van der Waals surface area contributed by atoms with Crippen molar-refractivity contribution in [3.63, 3.8) is 0 Å². The Labute approximate surface area is 193 Å². The molecule has 5 rings (SSSR count). The fourth-order valence-corrected chi connectivity index (χ4v) is 5.22. The number of hydrogen-bond acceptors (Lipinski definition) is 5. The molecule has 174 valence electrons. The van der Waals surface area contributed by atoms with E-state index < -0.39 is 0 Å². The molecule has 1 aliphatic heterocycles. The molecule has 1 aromatic carbocycles. The SMILES string of the molecule is CN(C)c1cccc(C(=O)N2CCCC(c3nc4c(cnn4C4CCCCC4)c(=O)[nH]3)C2)c1. The first-order valence-corrected chi connectivity index (χ1v) is 12.1. The van der Waals surface area contributed by atoms with Crippen LogP contribution in [-0.2, 0) is 0 Å². The van der Waals surface area contributed by atoms with Crippen LogP contribution in [0.15, 0.2) is 35.3 Å². The lowest BCUT2D eigenvalue weighted by molar-refractivity contribution is 0.0704. The zero-order valence-corrected chi connectivity index (χ0v) is 19.5. The standard InChI is InChI=1S/C25H32N6O2/c1-29(2)20-12-6-8-17(14-20)25(33)30-13-7-9-18(16-30)22-27-23-21(24(32)28-22)15-26-31(23)19-10-4-3-5-11-19/h6,8,12,14-15,18-19H,3-5,7,9-11,13,16H2,1-2H3,(H,27,28,32). The molecule has 8 nitrogen and oxygen atoms in total. The van der Waals surface area contributed by atoms with Gasteiger partial charge >= 0.3 is 0 Å². The Morgan fingerprint density at radius 2 is 1.94 bits per heavy atom. The number of likely N-dealkylation sites (tertiary alicyclic amines) is 1. The molecular weight excluding hydrogens is 416 g/mol. The first kappa shape index (κ1) is 21.7. The lowest BCUT2D eigenvalue weighted by Gasteiger charge is -2.32. The Kier molecular flexibility index (Phi) is 5.91. The van der Waals surface area contributed by atoms with Gasteiger partial charge in [-0.15, -0.1) is 0 Å². The van der Waals surface area contributed by atoms with E-state index in [9.17, 15) is 9.59 Å². The van der Waals surface area contributed by atoms with Gasteiger partial charge in [-0.3, -0.25) is 9.59 Å². The van der Waals surface area contributed by atoms with Crippen LogP contribution in [0.25, 0.3) is 11.0 Å². The molecule has 0 radical (unpaired) electrons. The summed E-state index contributed by atoms with van der Waals surface area (Å²) >= 11 is 0. The average Bonchev–Trinajstić information content (AvgIpc) is 3.29. The maximum Gasteiger partial charge on any atom is 0.262 e. The third kappa shape index (κ3) is 4.26. The lowest BCUT2D eigenvalue weighted by atomic mass is 9.95. The Balaban J connectivity index is 1.41. The average molecular weight is 449 g/mol. The summed E-state index contributed by atoms with van der Waals surface area (Å²) in [6.07, 6.45) is 9.23. The molecule has 1 amide bonds. The maximum atomic E-state index is 13.3. The molecule has 1 saturated heterocycles. The summed E-state index contributed by atoms with van der Waals surface area (Å²) in [4.78, 5) is 37.9. The minimum atomic E-state index is -0.140. The molecular formula is C25H32N6O2. The zero-order valence-electron chi connectivity index (χ0n) is 19.5. The molecule has 1 saturated carbocycles. The molecule has 0 bridgehead atoms. The largest absolute Gasteiger partial charge is 0.378 e. The van der Waals surface area contributed by atoms with Gasteiger partial charge in [-0.05, 0) is 43.9 Å². The molecule has 2 aliphatic rings. The van der Waals surface area contributed by atoms with Crippen molar-refractivity contribution < 1.29 is 4.79 Å². The first-order valence-electron chi connectivity index (χ1n) is 12.1. The second-order valence-corrected chi connectivity index (χ2v) is 9.60. The van der Waals surface area contributed by atoms with E-state index in [1.165, 1.54) is 19.3 Å². The number of amides is 1. The highest BCUT2D eigenvalue weighted by Gasteiger charge is 2.28. The molecule has 2 fully saturated rings. The van der Waals surface area contributed by atoms with Crippen molar-refractivity contribution in [2.75, 3.05) is 32.1 Å². The summed E-state index contributed by atoms with van der Waals surface area (Å²) < 4.78 is 1.96. The smallest absolute Gasteiger partial charge is 0.262 e. The molecule has 8 heteroatoms. The van der Waals surface area contributed by atoms with Crippen molar-refractivity contribution in [3.05, 3.63) is 52.2 Å². The number of fused-ring (bicyclic) bond motifs is 1. The van der Waals surface area contributed by atoms with Gasteiger partial charge in [0, 0.05) is 44.4 Å². The van der Waals surface area contributed by atoms with E-state index in [4.69, 9.17) is 4.98 Å². The van der Waals surface area contributed by atoms with Crippen molar-refractivity contribution >= 4 is 22.6 Å². The Morgan fingerprint density at radius 3 is 2.73 bits per heavy atom. The van der Waals surface area contributed by atoms with E-state index >= 15 is 0 Å². The maximum absolute atomic E-state index is 13.3. The molecule has 0 spiro atoms. The van der Waals surface area contributed by atoms with E-state index in [0.717, 1.165) is 31.4 Å². The highest BCUT2D eigenvalue weighted by Crippen LogP contribution is 2.31. The van der Waals surface area contributed by atoms with Gasteiger partial charge in [0.15, 0.2) is 5.65 Å². The highest BCUT2D eigenvalue weighted by atomic mass is 16.2. The monoisotopic (exact) mass is 448 g/mol. The number of nitrogens with one attached hydrogen (secondary N) is 1. The van der Waals surface area contributed by atoms with Gasteiger partial charge in [0.05, 0.1) is 12.2 Å². The number of aromatic amines is 1. The third-order valence-corrected chi connectivity index (χ3v) is 7.11. The lowest BCUT2D eigenvalue weighted by Crippen LogP contribution is -2.40. The first-order chi connectivity index (χ1) is 16.0. The number of benzene rings is 1. The molecule has 1 aliphatic carbocycles. The number of carbonyl (C=O) groups is 1. The number of rotatable bonds is 4. The van der Waals surface area contributed by atoms with Gasteiger partial charge < -0.3 is 14.8 Å². The van der Waals surface area contributed by atoms with Gasteiger partial charge in [-0.2, -0.15) is 5.10 Å². The zero-order chi connectivity index (χ0) is 22.9. The van der Waals surface area contributed by atoms with Crippen LogP contribution in [0.1, 0.15) is 73.1 Å². The van der Waals surface area contributed by atoms with Gasteiger partial charge in [0.1, 0.15) is 11.2 Å². The summed E-state index contributed by atoms with van der Waals surface area (Å²) in [7, 11) is 3.94. The van der Waals surface area contributed by atoms with E-state index in [2.05, 4.69) is 10.1 Å². The Hall–Kier alpha value is -3.16. The molecule has 1 atom stereocenters. The summed E-state index contributed by atoms with van der Waals surface area (Å²) in [5, 5.41) is 5.09. The van der Waals surface area contributed by atoms with Crippen LogP contribution < -0.4 is 10.5 Å². The number of nitrogens with zero attached hydrogens (tertiary/aromatic N) is 5. The number of carbonyl (C=O) groups excluding carboxylic acids is 1. The van der Waals surface area contributed by atoms with Crippen molar-refractivity contribution in [2.45, 2.75) is 56.9 Å². The number of aromatic nitrogens is 4. The Morgan fingerprint density at radius 1 is 1.12 bits per heavy atom. The van der Waals surface area contributed by atoms with Crippen LogP contribution in [0.4, 0.5) is 5.69 Å². The molecule has 3 heterocycles. The summed E-state index contributed by atoms with van der Waals surface area (Å²) in [5.41, 5.74) is 2.23. The molecule has 33 heavy (non-hydrogen) atoms. The summed E-state index contributed by atoms with van der Waals surface area (Å²) in [6, 6.07) is 8.03. The quantitative estimate of drug-likeness (QED) is 0.657. The molecule has 2 aromatic heterocycles. The Bertz CT molecular complexity index is 1210. The van der Waals surface area contributed by atoms with Crippen LogP contribution in [-0.4, -0.2) is 57.7 Å². The van der Waals surface area contributed by atoms with Crippen molar-refractivity contribution in [1.82, 2.24) is 24.6 Å². The van der Waals surface area contributed by atoms with Gasteiger partial charge in [0.25, 0.3) is 11.5 Å². The number of piperidine rings is 1. The second kappa shape index (κ2) is 9.00. The van der Waals surface area contributed by atoms with E-state index in [1.54, 1.807) is 6.20 Å². The normalized spacial score (nSPS) is 19.7. The minimum Gasteiger partial charge on any atom is -0.378 e. The van der Waals surface area contributed by atoms with Gasteiger partial charge in [0.2, 0.25) is 0 Å². The van der Waals surface area contributed by atoms with Gasteiger partial charge in [-0.25, -0.2) is 9.67 Å². The van der Waals surface area contributed by atoms with Crippen LogP contribution in [0.3, 0.4) is 0 Å². The topological polar surface area (TPSA) is 87.1 Å². The second-order valence-electron chi connectivity index (χ2n) is 9.60. The summed E-state index contributed by atoms with van der Waals surface area (Å²) in [5.74, 6) is 0.704. The number of hydrogen-bond donors (Lipinski definition) is 1. The number of anilines is 1. The van der Waals surface area contributed by atoms with E-state index in [-0.39, 0.29) is 17.4 Å². The fraction of sp³-hybridized carbons (Fsp3) is 0.520. The fourth-order valence-electron chi connectivity index (χ4n) is 5.22. The third-order valence-electron chi connectivity index (χ3n) is 7.11. The van der Waals surface area contributed by atoms with Crippen LogP contribution in [0.2, 0.25) is 0 Å². The predicted molar refractivity (Wildman–Crippen MR) is 129 cm³/mol. The van der Waals surface area contributed by atoms with Crippen LogP contribution >= 0.6 is 0 Å². The van der Waals surface area contributed by atoms with E-state index in [0.29, 0.717) is 41.6 Å².